The fourth-order valence-corrected chi connectivity index (χ4v) is 3.25. The molecule has 1 heterocycles. The maximum atomic E-state index is 4.19. The Morgan fingerprint density at radius 2 is 1.77 bits per heavy atom. The van der Waals surface area contributed by atoms with Gasteiger partial charge in [0.25, 0.3) is 0 Å². The molecule has 0 bridgehead atoms. The van der Waals surface area contributed by atoms with E-state index in [1.54, 1.807) is 11.8 Å². The van der Waals surface area contributed by atoms with Crippen LogP contribution < -0.4 is 0 Å². The highest BCUT2D eigenvalue weighted by molar-refractivity contribution is 7.99. The molecule has 0 saturated carbocycles. The van der Waals surface area contributed by atoms with Crippen molar-refractivity contribution >= 4 is 11.8 Å². The summed E-state index contributed by atoms with van der Waals surface area (Å²) in [5.74, 6) is 0. The van der Waals surface area contributed by atoms with Crippen LogP contribution in [-0.2, 0) is 0 Å². The van der Waals surface area contributed by atoms with Gasteiger partial charge in [-0.15, -0.1) is 5.10 Å². The van der Waals surface area contributed by atoms with Gasteiger partial charge in [0.2, 0.25) is 5.16 Å². The standard InChI is InChI=1S/C17H18N4S/c1-12-8-7-11-16(13(12)2)21-17(18-19-20-21)22-14(3)15-9-5-4-6-10-15/h4-11,14H,1-3H3/t14-/m1/s1. The number of tetrazole rings is 1. The highest BCUT2D eigenvalue weighted by atomic mass is 32.2. The molecule has 0 N–H and O–H groups in total. The van der Waals surface area contributed by atoms with Crippen molar-refractivity contribution < 1.29 is 0 Å². The van der Waals surface area contributed by atoms with Crippen LogP contribution in [0.4, 0.5) is 0 Å². The van der Waals surface area contributed by atoms with Crippen molar-refractivity contribution in [2.45, 2.75) is 31.2 Å². The van der Waals surface area contributed by atoms with Gasteiger partial charge >= 0.3 is 0 Å². The van der Waals surface area contributed by atoms with Crippen LogP contribution in [0.1, 0.15) is 28.9 Å². The first kappa shape index (κ1) is 14.8. The fourth-order valence-electron chi connectivity index (χ4n) is 2.32. The number of rotatable bonds is 4. The van der Waals surface area contributed by atoms with Crippen LogP contribution in [0.15, 0.2) is 53.7 Å². The summed E-state index contributed by atoms with van der Waals surface area (Å²) in [5.41, 5.74) is 4.74. The molecular weight excluding hydrogens is 292 g/mol. The van der Waals surface area contributed by atoms with Gasteiger partial charge in [-0.25, -0.2) is 0 Å². The van der Waals surface area contributed by atoms with Crippen molar-refractivity contribution in [2.75, 3.05) is 0 Å². The molecule has 0 radical (unpaired) electrons. The summed E-state index contributed by atoms with van der Waals surface area (Å²) in [7, 11) is 0. The number of benzene rings is 2. The van der Waals surface area contributed by atoms with Gasteiger partial charge in [0, 0.05) is 5.25 Å². The zero-order valence-electron chi connectivity index (χ0n) is 12.9. The number of aromatic nitrogens is 4. The molecule has 0 aliphatic rings. The molecular formula is C17H18N4S. The van der Waals surface area contributed by atoms with E-state index in [9.17, 15) is 0 Å². The van der Waals surface area contributed by atoms with Crippen LogP contribution in [0.25, 0.3) is 5.69 Å². The third-order valence-corrected chi connectivity index (χ3v) is 4.89. The molecule has 0 fully saturated rings. The van der Waals surface area contributed by atoms with E-state index in [2.05, 4.69) is 72.7 Å². The van der Waals surface area contributed by atoms with E-state index in [0.29, 0.717) is 0 Å². The molecule has 0 amide bonds. The summed E-state index contributed by atoms with van der Waals surface area (Å²) in [6.45, 7) is 6.37. The molecule has 0 unspecified atom stereocenters. The highest BCUT2D eigenvalue weighted by Gasteiger charge is 2.16. The van der Waals surface area contributed by atoms with E-state index in [1.165, 1.54) is 16.7 Å². The van der Waals surface area contributed by atoms with Crippen molar-refractivity contribution in [1.29, 1.82) is 0 Å². The van der Waals surface area contributed by atoms with E-state index >= 15 is 0 Å². The first-order chi connectivity index (χ1) is 10.7. The quantitative estimate of drug-likeness (QED) is 0.680. The Hall–Kier alpha value is -2.14. The van der Waals surface area contributed by atoms with Gasteiger partial charge in [-0.2, -0.15) is 4.68 Å². The zero-order valence-corrected chi connectivity index (χ0v) is 13.7. The molecule has 5 heteroatoms. The third kappa shape index (κ3) is 2.90. The van der Waals surface area contributed by atoms with Gasteiger partial charge in [0.05, 0.1) is 5.69 Å². The molecule has 0 aliphatic heterocycles. The Bertz CT molecular complexity index is 767. The SMILES string of the molecule is Cc1cccc(-n2nnnc2S[C@H](C)c2ccccc2)c1C. The van der Waals surface area contributed by atoms with E-state index in [-0.39, 0.29) is 5.25 Å². The summed E-state index contributed by atoms with van der Waals surface area (Å²) < 4.78 is 1.83. The summed E-state index contributed by atoms with van der Waals surface area (Å²) >= 11 is 1.67. The summed E-state index contributed by atoms with van der Waals surface area (Å²) in [4.78, 5) is 0. The minimum absolute atomic E-state index is 0.288. The van der Waals surface area contributed by atoms with Gasteiger partial charge < -0.3 is 0 Å². The number of nitrogens with zero attached hydrogens (tertiary/aromatic N) is 4. The maximum Gasteiger partial charge on any atom is 0.214 e. The number of thioether (sulfide) groups is 1. The maximum absolute atomic E-state index is 4.19. The van der Waals surface area contributed by atoms with Crippen molar-refractivity contribution in [3.8, 4) is 5.69 Å². The lowest BCUT2D eigenvalue weighted by molar-refractivity contribution is 0.749. The monoisotopic (exact) mass is 310 g/mol. The van der Waals surface area contributed by atoms with Gasteiger partial charge in [-0.05, 0) is 54.0 Å². The first-order valence-electron chi connectivity index (χ1n) is 7.23. The van der Waals surface area contributed by atoms with Crippen LogP contribution >= 0.6 is 11.8 Å². The van der Waals surface area contributed by atoms with Crippen LogP contribution in [0.3, 0.4) is 0 Å². The van der Waals surface area contributed by atoms with Gasteiger partial charge in [0.1, 0.15) is 0 Å². The number of hydrogen-bond acceptors (Lipinski definition) is 4. The third-order valence-electron chi connectivity index (χ3n) is 3.80. The second kappa shape index (κ2) is 6.32. The van der Waals surface area contributed by atoms with Crippen LogP contribution in [0, 0.1) is 13.8 Å². The molecule has 2 aromatic carbocycles. The average Bonchev–Trinajstić information content (AvgIpc) is 2.99. The summed E-state index contributed by atoms with van der Waals surface area (Å²) in [6, 6.07) is 16.6. The average molecular weight is 310 g/mol. The lowest BCUT2D eigenvalue weighted by atomic mass is 10.1. The predicted octanol–water partition coefficient (Wildman–Crippen LogP) is 4.13. The molecule has 3 aromatic rings. The van der Waals surface area contributed by atoms with Gasteiger partial charge in [-0.1, -0.05) is 54.2 Å². The van der Waals surface area contributed by atoms with Crippen molar-refractivity contribution in [3.63, 3.8) is 0 Å². The van der Waals surface area contributed by atoms with E-state index in [4.69, 9.17) is 0 Å². The van der Waals surface area contributed by atoms with Crippen molar-refractivity contribution in [1.82, 2.24) is 20.2 Å². The first-order valence-corrected chi connectivity index (χ1v) is 8.11. The second-order valence-corrected chi connectivity index (χ2v) is 6.57. The highest BCUT2D eigenvalue weighted by Crippen LogP contribution is 2.34. The molecule has 3 rings (SSSR count). The molecule has 1 aromatic heterocycles. The Labute approximate surface area is 134 Å². The molecule has 4 nitrogen and oxygen atoms in total. The predicted molar refractivity (Wildman–Crippen MR) is 89.3 cm³/mol. The van der Waals surface area contributed by atoms with Gasteiger partial charge in [-0.3, -0.25) is 0 Å². The number of aryl methyl sites for hydroxylation is 1. The smallest absolute Gasteiger partial charge is 0.187 e. The normalized spacial score (nSPS) is 12.3. The van der Waals surface area contributed by atoms with Crippen molar-refractivity contribution in [3.05, 3.63) is 65.2 Å². The molecule has 0 spiro atoms. The molecule has 22 heavy (non-hydrogen) atoms. The van der Waals surface area contributed by atoms with E-state index < -0.39 is 0 Å². The molecule has 112 valence electrons. The fraction of sp³-hybridized carbons (Fsp3) is 0.235. The Morgan fingerprint density at radius 1 is 1.00 bits per heavy atom. The van der Waals surface area contributed by atoms with E-state index in [0.717, 1.165) is 10.8 Å². The largest absolute Gasteiger partial charge is 0.214 e. The van der Waals surface area contributed by atoms with E-state index in [1.807, 2.05) is 16.8 Å². The lowest BCUT2D eigenvalue weighted by Crippen LogP contribution is -2.03. The van der Waals surface area contributed by atoms with Crippen LogP contribution in [-0.4, -0.2) is 20.2 Å². The molecule has 0 saturated heterocycles. The molecule has 1 atom stereocenters. The lowest BCUT2D eigenvalue weighted by Gasteiger charge is -2.13. The van der Waals surface area contributed by atoms with Crippen LogP contribution in [0.5, 0.6) is 0 Å². The topological polar surface area (TPSA) is 43.6 Å². The van der Waals surface area contributed by atoms with Crippen molar-refractivity contribution in [2.24, 2.45) is 0 Å². The minimum atomic E-state index is 0.288. The summed E-state index contributed by atoms with van der Waals surface area (Å²) in [5, 5.41) is 13.3. The number of hydrogen-bond donors (Lipinski definition) is 0. The molecule has 0 aliphatic carbocycles. The second-order valence-electron chi connectivity index (χ2n) is 5.26. The Balaban J connectivity index is 1.91. The van der Waals surface area contributed by atoms with Gasteiger partial charge in [0.15, 0.2) is 0 Å². The Kier molecular flexibility index (Phi) is 4.24. The summed E-state index contributed by atoms with van der Waals surface area (Å²) in [6.07, 6.45) is 0. The zero-order chi connectivity index (χ0) is 15.5. The Morgan fingerprint density at radius 3 is 2.55 bits per heavy atom. The minimum Gasteiger partial charge on any atom is -0.187 e. The van der Waals surface area contributed by atoms with Crippen LogP contribution in [0.2, 0.25) is 0 Å².